The van der Waals surface area contributed by atoms with Crippen molar-refractivity contribution in [3.63, 3.8) is 0 Å². The first-order valence-electron chi connectivity index (χ1n) is 18.4. The lowest BCUT2D eigenvalue weighted by molar-refractivity contribution is -0.134. The van der Waals surface area contributed by atoms with Crippen LogP contribution in [-0.2, 0) is 14.3 Å². The van der Waals surface area contributed by atoms with Crippen molar-refractivity contribution >= 4 is 24.0 Å². The molecule has 290 valence electrons. The molecule has 57 heavy (non-hydrogen) atoms. The number of nitrogens with zero attached hydrogens (tertiary/aromatic N) is 4. The first kappa shape index (κ1) is 38.0. The number of carbonyl (C=O) groups is 4. The predicted molar refractivity (Wildman–Crippen MR) is 210 cm³/mol. The Morgan fingerprint density at radius 1 is 0.737 bits per heavy atom. The van der Waals surface area contributed by atoms with Gasteiger partial charge in [-0.15, -0.1) is 0 Å². The van der Waals surface area contributed by atoms with Crippen molar-refractivity contribution in [1.29, 1.82) is 0 Å². The molecule has 0 saturated carbocycles. The molecule has 1 saturated heterocycles. The maximum absolute atomic E-state index is 13.7. The molecule has 1 fully saturated rings. The highest BCUT2D eigenvalue weighted by atomic mass is 16.5. The molecule has 4 amide bonds. The number of hydrogen-bond acceptors (Lipinski definition) is 8. The zero-order valence-corrected chi connectivity index (χ0v) is 31.2. The maximum Gasteiger partial charge on any atom is 0.407 e. The van der Waals surface area contributed by atoms with E-state index in [2.05, 4.69) is 40.9 Å². The Hall–Kier alpha value is -7.29. The van der Waals surface area contributed by atoms with Crippen LogP contribution in [-0.4, -0.2) is 72.6 Å². The van der Waals surface area contributed by atoms with Crippen molar-refractivity contribution in [2.24, 2.45) is 0 Å². The molecule has 0 spiro atoms. The van der Waals surface area contributed by atoms with Gasteiger partial charge < -0.3 is 40.7 Å². The lowest BCUT2D eigenvalue weighted by Gasteiger charge is -2.28. The highest BCUT2D eigenvalue weighted by molar-refractivity contribution is 5.88. The van der Waals surface area contributed by atoms with Crippen LogP contribution in [0.1, 0.15) is 66.7 Å². The van der Waals surface area contributed by atoms with Crippen LogP contribution in [0.5, 0.6) is 0 Å². The lowest BCUT2D eigenvalue weighted by atomic mass is 10.0. The molecule has 15 heteroatoms. The van der Waals surface area contributed by atoms with Gasteiger partial charge in [-0.1, -0.05) is 84.9 Å². The molecule has 0 bridgehead atoms. The number of hydrogen-bond donors (Lipinski definition) is 6. The molecular weight excluding hydrogens is 727 g/mol. The van der Waals surface area contributed by atoms with E-state index in [1.165, 1.54) is 7.11 Å². The number of nitrogens with one attached hydrogen (secondary N) is 5. The third-order valence-corrected chi connectivity index (χ3v) is 9.87. The van der Waals surface area contributed by atoms with E-state index in [0.29, 0.717) is 35.7 Å². The molecule has 4 atom stereocenters. The van der Waals surface area contributed by atoms with Gasteiger partial charge in [0.1, 0.15) is 23.7 Å². The van der Waals surface area contributed by atoms with E-state index in [9.17, 15) is 24.3 Å². The summed E-state index contributed by atoms with van der Waals surface area (Å²) in [5.41, 5.74) is 6.08. The van der Waals surface area contributed by atoms with Gasteiger partial charge in [-0.3, -0.25) is 14.6 Å². The van der Waals surface area contributed by atoms with Crippen molar-refractivity contribution < 1.29 is 29.0 Å². The third-order valence-electron chi connectivity index (χ3n) is 9.87. The number of benzene rings is 3. The number of carbonyl (C=O) groups excluding carboxylic acids is 3. The monoisotopic (exact) mass is 767 g/mol. The smallest absolute Gasteiger partial charge is 0.407 e. The normalized spacial score (nSPS) is 15.3. The van der Waals surface area contributed by atoms with Gasteiger partial charge in [-0.25, -0.2) is 19.6 Å². The molecule has 15 nitrogen and oxygen atoms in total. The van der Waals surface area contributed by atoms with E-state index in [1.54, 1.807) is 78.9 Å². The topological polar surface area (TPSA) is 207 Å². The molecular formula is C42H41N9O6. The van der Waals surface area contributed by atoms with E-state index in [4.69, 9.17) is 4.74 Å². The zero-order valence-electron chi connectivity index (χ0n) is 31.2. The molecule has 1 aliphatic heterocycles. The predicted octanol–water partition coefficient (Wildman–Crippen LogP) is 6.48. The van der Waals surface area contributed by atoms with Crippen molar-refractivity contribution in [3.05, 3.63) is 138 Å². The summed E-state index contributed by atoms with van der Waals surface area (Å²) in [6.45, 7) is 2.29. The number of likely N-dealkylation sites (tertiary alicyclic amines) is 1. The molecule has 6 aromatic rings. The number of ether oxygens (including phenoxy) is 1. The minimum Gasteiger partial charge on any atom is -0.465 e. The van der Waals surface area contributed by atoms with Gasteiger partial charge in [0.25, 0.3) is 5.91 Å². The summed E-state index contributed by atoms with van der Waals surface area (Å²) in [7, 11) is 1.24. The van der Waals surface area contributed by atoms with Crippen LogP contribution < -0.4 is 16.0 Å². The summed E-state index contributed by atoms with van der Waals surface area (Å²) in [5, 5.41) is 17.4. The van der Waals surface area contributed by atoms with Crippen LogP contribution in [0.4, 0.5) is 9.59 Å². The molecule has 0 aliphatic carbocycles. The standard InChI is InChI=1S/C42H41N9O6/c1-25(46-39(52)35(50-42(56)57-2)28-10-5-3-6-11-28)37-44-24-33(47-37)30-19-20-31(43-22-30)26-15-17-27(18-16-26)32-23-45-38(48-32)34-14-9-21-51(34)40(53)36(49-41(54)55)29-12-7-4-8-13-29/h3-8,10-13,15-20,22-25,34-36,49H,9,14,21H2,1-2H3,(H,44,47)(H,45,48)(H,46,52)(H,50,56)(H,54,55)/t25-,34-,35+,36+/m0/s1. The van der Waals surface area contributed by atoms with Crippen LogP contribution in [0.3, 0.4) is 0 Å². The number of H-pyrrole nitrogens is 2. The fraction of sp³-hybridized carbons (Fsp3) is 0.214. The maximum atomic E-state index is 13.7. The molecule has 0 unspecified atom stereocenters. The highest BCUT2D eigenvalue weighted by Gasteiger charge is 2.37. The van der Waals surface area contributed by atoms with E-state index in [0.717, 1.165) is 40.2 Å². The van der Waals surface area contributed by atoms with Crippen molar-refractivity contribution in [1.82, 2.24) is 45.8 Å². The molecule has 7 rings (SSSR count). The molecule has 3 aromatic heterocycles. The number of pyridine rings is 1. The molecule has 0 radical (unpaired) electrons. The first-order valence-corrected chi connectivity index (χ1v) is 18.4. The van der Waals surface area contributed by atoms with Crippen molar-refractivity contribution in [3.8, 4) is 33.8 Å². The van der Waals surface area contributed by atoms with Crippen molar-refractivity contribution in [2.75, 3.05) is 13.7 Å². The fourth-order valence-electron chi connectivity index (χ4n) is 6.93. The van der Waals surface area contributed by atoms with E-state index < -0.39 is 36.2 Å². The van der Waals surface area contributed by atoms with Gasteiger partial charge in [0, 0.05) is 23.9 Å². The number of methoxy groups -OCH3 is 1. The Morgan fingerprint density at radius 2 is 1.37 bits per heavy atom. The van der Waals surface area contributed by atoms with E-state index in [1.807, 2.05) is 48.5 Å². The average Bonchev–Trinajstić information content (AvgIpc) is 4.04. The highest BCUT2D eigenvalue weighted by Crippen LogP contribution is 2.34. The minimum absolute atomic E-state index is 0.315. The summed E-state index contributed by atoms with van der Waals surface area (Å²) >= 11 is 0. The van der Waals surface area contributed by atoms with Gasteiger partial charge >= 0.3 is 12.2 Å². The number of alkyl carbamates (subject to hydrolysis) is 1. The summed E-state index contributed by atoms with van der Waals surface area (Å²) in [5.74, 6) is 0.439. The first-order chi connectivity index (χ1) is 27.7. The number of imidazole rings is 2. The second kappa shape index (κ2) is 17.0. The number of rotatable bonds is 12. The second-order valence-corrected chi connectivity index (χ2v) is 13.6. The van der Waals surface area contributed by atoms with Crippen LogP contribution in [0.15, 0.2) is 116 Å². The van der Waals surface area contributed by atoms with E-state index >= 15 is 0 Å². The van der Waals surface area contributed by atoms with Crippen LogP contribution >= 0.6 is 0 Å². The Bertz CT molecular complexity index is 2330. The SMILES string of the molecule is COC(=O)N[C@@H](C(=O)N[C@@H](C)c1ncc(-c2ccc(-c3ccc(-c4cnc([C@@H]5CCCN5C(=O)[C@H](NC(=O)O)c5ccccc5)[nH]4)cc3)nc2)[nH]1)c1ccccc1. The van der Waals surface area contributed by atoms with Gasteiger partial charge in [0.2, 0.25) is 5.91 Å². The fourth-order valence-corrected chi connectivity index (χ4v) is 6.93. The average molecular weight is 768 g/mol. The second-order valence-electron chi connectivity index (χ2n) is 13.6. The molecule has 1 aliphatic rings. The Balaban J connectivity index is 0.990. The van der Waals surface area contributed by atoms with E-state index in [-0.39, 0.29) is 11.9 Å². The zero-order chi connectivity index (χ0) is 39.9. The number of amides is 4. The Labute approximate surface area is 327 Å². The summed E-state index contributed by atoms with van der Waals surface area (Å²) in [6.07, 6.45) is 4.66. The third kappa shape index (κ3) is 8.67. The van der Waals surface area contributed by atoms with Crippen LogP contribution in [0.2, 0.25) is 0 Å². The summed E-state index contributed by atoms with van der Waals surface area (Å²) in [6, 6.07) is 26.7. The lowest BCUT2D eigenvalue weighted by Crippen LogP contribution is -2.42. The van der Waals surface area contributed by atoms with Crippen LogP contribution in [0, 0.1) is 0 Å². The van der Waals surface area contributed by atoms with Gasteiger partial charge in [0.05, 0.1) is 48.7 Å². The minimum atomic E-state index is -1.27. The largest absolute Gasteiger partial charge is 0.465 e. The van der Waals surface area contributed by atoms with Crippen LogP contribution in [0.25, 0.3) is 33.8 Å². The quantitative estimate of drug-likeness (QED) is 0.0805. The van der Waals surface area contributed by atoms with Gasteiger partial charge in [-0.05, 0) is 48.6 Å². The van der Waals surface area contributed by atoms with Crippen molar-refractivity contribution in [2.45, 2.75) is 43.9 Å². The van der Waals surface area contributed by atoms with Gasteiger partial charge in [-0.2, -0.15) is 0 Å². The molecule has 3 aromatic carbocycles. The number of aromatic amines is 2. The summed E-state index contributed by atoms with van der Waals surface area (Å²) in [4.78, 5) is 72.7. The molecule has 6 N–H and O–H groups in total. The summed E-state index contributed by atoms with van der Waals surface area (Å²) < 4.78 is 4.72. The molecule has 4 heterocycles. The Morgan fingerprint density at radius 3 is 2.02 bits per heavy atom. The number of carboxylic acid groups (broad SMARTS) is 1. The number of aromatic nitrogens is 5. The Kier molecular flexibility index (Phi) is 11.3. The van der Waals surface area contributed by atoms with Gasteiger partial charge in [0.15, 0.2) is 0 Å².